The maximum Gasteiger partial charge on any atom is 0.249 e. The summed E-state index contributed by atoms with van der Waals surface area (Å²) in [4.78, 5) is 19.5. The minimum Gasteiger partial charge on any atom is -0.366 e. The van der Waals surface area contributed by atoms with Gasteiger partial charge in [0, 0.05) is 29.6 Å². The molecule has 1 amide bonds. The van der Waals surface area contributed by atoms with Crippen LogP contribution < -0.4 is 5.73 Å². The van der Waals surface area contributed by atoms with Crippen molar-refractivity contribution in [2.45, 2.75) is 19.3 Å². The van der Waals surface area contributed by atoms with E-state index < -0.39 is 5.91 Å². The molecule has 2 heterocycles. The van der Waals surface area contributed by atoms with Crippen LogP contribution in [0.5, 0.6) is 0 Å². The lowest BCUT2D eigenvalue weighted by Gasteiger charge is -2.26. The number of pyridine rings is 2. The van der Waals surface area contributed by atoms with Crippen LogP contribution in [0.2, 0.25) is 0 Å². The quantitative estimate of drug-likeness (QED) is 0.887. The van der Waals surface area contributed by atoms with Crippen LogP contribution in [-0.2, 0) is 5.41 Å². The van der Waals surface area contributed by atoms with Crippen molar-refractivity contribution in [2.75, 3.05) is 0 Å². The van der Waals surface area contributed by atoms with E-state index in [1.807, 2.05) is 26.0 Å². The van der Waals surface area contributed by atoms with E-state index in [1.165, 1.54) is 6.07 Å². The van der Waals surface area contributed by atoms with E-state index in [9.17, 15) is 4.79 Å². The van der Waals surface area contributed by atoms with Gasteiger partial charge in [-0.05, 0) is 23.3 Å². The van der Waals surface area contributed by atoms with Crippen LogP contribution in [0.3, 0.4) is 0 Å². The van der Waals surface area contributed by atoms with Gasteiger partial charge in [0.15, 0.2) is 0 Å². The molecule has 2 aromatic heterocycles. The van der Waals surface area contributed by atoms with Crippen molar-refractivity contribution in [1.82, 2.24) is 9.97 Å². The van der Waals surface area contributed by atoms with Gasteiger partial charge in [-0.1, -0.05) is 19.9 Å². The molecule has 2 N–H and O–H groups in total. The first-order chi connectivity index (χ1) is 8.53. The van der Waals surface area contributed by atoms with Crippen LogP contribution in [0, 0.1) is 6.20 Å². The average molecular weight is 240 g/mol. The molecule has 0 spiro atoms. The minimum absolute atomic E-state index is 0.388. The van der Waals surface area contributed by atoms with Crippen molar-refractivity contribution >= 4 is 5.91 Å². The number of hydrogen-bond acceptors (Lipinski definition) is 3. The zero-order chi connectivity index (χ0) is 13.2. The van der Waals surface area contributed by atoms with Gasteiger partial charge in [-0.15, -0.1) is 0 Å². The molecule has 0 bridgehead atoms. The molecular weight excluding hydrogens is 226 g/mol. The Labute approximate surface area is 106 Å². The summed E-state index contributed by atoms with van der Waals surface area (Å²) >= 11 is 0. The first kappa shape index (κ1) is 12.2. The van der Waals surface area contributed by atoms with Crippen LogP contribution >= 0.6 is 0 Å². The number of carbonyl (C=O) groups excluding carboxylic acids is 1. The van der Waals surface area contributed by atoms with E-state index in [0.717, 1.165) is 11.1 Å². The van der Waals surface area contributed by atoms with Crippen molar-refractivity contribution < 1.29 is 4.79 Å². The largest absolute Gasteiger partial charge is 0.366 e. The van der Waals surface area contributed by atoms with Gasteiger partial charge in [-0.3, -0.25) is 14.8 Å². The van der Waals surface area contributed by atoms with Crippen LogP contribution in [0.1, 0.15) is 35.3 Å². The Balaban J connectivity index is 2.58. The predicted molar refractivity (Wildman–Crippen MR) is 68.0 cm³/mol. The van der Waals surface area contributed by atoms with Gasteiger partial charge in [0.1, 0.15) is 0 Å². The Morgan fingerprint density at radius 3 is 2.78 bits per heavy atom. The molecule has 0 aromatic carbocycles. The predicted octanol–water partition coefficient (Wildman–Crippen LogP) is 1.70. The van der Waals surface area contributed by atoms with Crippen molar-refractivity contribution in [3.05, 3.63) is 59.7 Å². The fourth-order valence-corrected chi connectivity index (χ4v) is 1.94. The molecule has 0 aliphatic heterocycles. The SMILES string of the molecule is CC(C)(c1cccnc1)c1cn[c]cc1C(N)=O. The summed E-state index contributed by atoms with van der Waals surface area (Å²) in [6, 6.07) is 5.35. The fraction of sp³-hybridized carbons (Fsp3) is 0.214. The number of amides is 1. The van der Waals surface area contributed by atoms with Gasteiger partial charge in [-0.25, -0.2) is 0 Å². The lowest BCUT2D eigenvalue weighted by atomic mass is 9.77. The van der Waals surface area contributed by atoms with Crippen LogP contribution in [0.15, 0.2) is 36.8 Å². The number of hydrogen-bond donors (Lipinski definition) is 1. The summed E-state index contributed by atoms with van der Waals surface area (Å²) in [7, 11) is 0. The average Bonchev–Trinajstić information content (AvgIpc) is 2.39. The zero-order valence-corrected chi connectivity index (χ0v) is 10.3. The van der Waals surface area contributed by atoms with E-state index in [2.05, 4.69) is 16.2 Å². The van der Waals surface area contributed by atoms with E-state index in [1.54, 1.807) is 18.6 Å². The van der Waals surface area contributed by atoms with Gasteiger partial charge >= 0.3 is 0 Å². The first-order valence-corrected chi connectivity index (χ1v) is 5.60. The maximum atomic E-state index is 11.5. The van der Waals surface area contributed by atoms with Crippen molar-refractivity contribution in [3.8, 4) is 0 Å². The van der Waals surface area contributed by atoms with Crippen molar-refractivity contribution in [3.63, 3.8) is 0 Å². The standard InChI is InChI=1S/C14H14N3O/c1-14(2,10-4-3-6-16-8-10)12-9-17-7-5-11(12)13(15)18/h3-6,8-9H,1-2H3,(H2,15,18). The molecule has 0 fully saturated rings. The molecule has 0 saturated carbocycles. The monoisotopic (exact) mass is 240 g/mol. The van der Waals surface area contributed by atoms with Gasteiger partial charge < -0.3 is 5.73 Å². The highest BCUT2D eigenvalue weighted by molar-refractivity contribution is 5.94. The second-order valence-corrected chi connectivity index (χ2v) is 4.59. The Bertz CT molecular complexity index is 564. The maximum absolute atomic E-state index is 11.5. The highest BCUT2D eigenvalue weighted by Crippen LogP contribution is 2.32. The second-order valence-electron chi connectivity index (χ2n) is 4.59. The van der Waals surface area contributed by atoms with Gasteiger partial charge in [-0.2, -0.15) is 0 Å². The summed E-state index contributed by atoms with van der Waals surface area (Å²) in [5.74, 6) is -0.472. The van der Waals surface area contributed by atoms with Crippen LogP contribution in [0.4, 0.5) is 0 Å². The van der Waals surface area contributed by atoms with E-state index >= 15 is 0 Å². The molecule has 0 atom stereocenters. The molecule has 4 nitrogen and oxygen atoms in total. The van der Waals surface area contributed by atoms with Gasteiger partial charge in [0.05, 0.1) is 6.20 Å². The van der Waals surface area contributed by atoms with Gasteiger partial charge in [0.2, 0.25) is 5.91 Å². The normalized spacial score (nSPS) is 11.2. The number of primary amides is 1. The second kappa shape index (κ2) is 4.56. The van der Waals surface area contributed by atoms with Crippen molar-refractivity contribution in [2.24, 2.45) is 5.73 Å². The molecule has 2 aromatic rings. The van der Waals surface area contributed by atoms with Crippen LogP contribution in [0.25, 0.3) is 0 Å². The lowest BCUT2D eigenvalue weighted by molar-refractivity contribution is 0.0998. The first-order valence-electron chi connectivity index (χ1n) is 5.60. The summed E-state index contributed by atoms with van der Waals surface area (Å²) in [6.07, 6.45) is 7.76. The van der Waals surface area contributed by atoms with Crippen LogP contribution in [-0.4, -0.2) is 15.9 Å². The fourth-order valence-electron chi connectivity index (χ4n) is 1.94. The molecule has 0 aliphatic rings. The highest BCUT2D eigenvalue weighted by atomic mass is 16.1. The third kappa shape index (κ3) is 2.09. The molecule has 4 heteroatoms. The number of aromatic nitrogens is 2. The third-order valence-corrected chi connectivity index (χ3v) is 3.09. The third-order valence-electron chi connectivity index (χ3n) is 3.09. The number of carbonyl (C=O) groups is 1. The highest BCUT2D eigenvalue weighted by Gasteiger charge is 2.27. The molecule has 1 radical (unpaired) electrons. The molecule has 91 valence electrons. The molecule has 0 unspecified atom stereocenters. The Hall–Kier alpha value is -2.23. The summed E-state index contributed by atoms with van der Waals surface area (Å²) in [5.41, 5.74) is 7.22. The number of nitrogens with two attached hydrogens (primary N) is 1. The Morgan fingerprint density at radius 1 is 1.39 bits per heavy atom. The lowest BCUT2D eigenvalue weighted by Crippen LogP contribution is -2.25. The molecule has 18 heavy (non-hydrogen) atoms. The van der Waals surface area contributed by atoms with E-state index in [0.29, 0.717) is 5.56 Å². The zero-order valence-electron chi connectivity index (χ0n) is 10.3. The number of nitrogens with zero attached hydrogens (tertiary/aromatic N) is 2. The van der Waals surface area contributed by atoms with E-state index in [4.69, 9.17) is 5.73 Å². The topological polar surface area (TPSA) is 68.9 Å². The Morgan fingerprint density at radius 2 is 2.17 bits per heavy atom. The molecular formula is C14H14N3O. The molecule has 0 aliphatic carbocycles. The minimum atomic E-state index is -0.472. The Kier molecular flexibility index (Phi) is 3.10. The summed E-state index contributed by atoms with van der Waals surface area (Å²) < 4.78 is 0. The number of rotatable bonds is 3. The smallest absolute Gasteiger partial charge is 0.249 e. The molecule has 0 saturated heterocycles. The van der Waals surface area contributed by atoms with Crippen molar-refractivity contribution in [1.29, 1.82) is 0 Å². The summed E-state index contributed by atoms with van der Waals surface area (Å²) in [5, 5.41) is 0. The molecule has 2 rings (SSSR count). The van der Waals surface area contributed by atoms with E-state index in [-0.39, 0.29) is 5.41 Å². The van der Waals surface area contributed by atoms with Gasteiger partial charge in [0.25, 0.3) is 0 Å². The summed E-state index contributed by atoms with van der Waals surface area (Å²) in [6.45, 7) is 4.01.